The van der Waals surface area contributed by atoms with E-state index < -0.39 is 19.9 Å². The Kier molecular flexibility index (Phi) is 26.6. The zero-order valence-electron chi connectivity index (χ0n) is 16.3. The molecule has 25 heavy (non-hydrogen) atoms. The van der Waals surface area contributed by atoms with Crippen LogP contribution in [0.1, 0.15) is 67.2 Å². The van der Waals surface area contributed by atoms with Crippen LogP contribution in [0.2, 0.25) is 0 Å². The SMILES string of the molecule is CC(=O)/C=C(/C)[O-].CC(=O)/C=C(/C)[O-].CCCC[O][Ti+2][O]CCCC. The van der Waals surface area contributed by atoms with E-state index in [-0.39, 0.29) is 23.1 Å². The van der Waals surface area contributed by atoms with Crippen molar-refractivity contribution in [3.05, 3.63) is 23.7 Å². The van der Waals surface area contributed by atoms with Crippen LogP contribution in [0.4, 0.5) is 0 Å². The molecule has 0 aromatic carbocycles. The Labute approximate surface area is 162 Å². The van der Waals surface area contributed by atoms with Gasteiger partial charge in [0.05, 0.1) is 0 Å². The summed E-state index contributed by atoms with van der Waals surface area (Å²) in [6, 6.07) is 0. The van der Waals surface area contributed by atoms with E-state index in [9.17, 15) is 19.8 Å². The fraction of sp³-hybridized carbons (Fsp3) is 0.667. The van der Waals surface area contributed by atoms with Crippen molar-refractivity contribution < 1.29 is 46.4 Å². The van der Waals surface area contributed by atoms with Crippen molar-refractivity contribution in [3.8, 4) is 0 Å². The second kappa shape index (κ2) is 23.1. The monoisotopic (exact) mass is 392 g/mol. The molecule has 0 amide bonds. The number of hydrogen-bond donors (Lipinski definition) is 0. The number of hydrogen-bond acceptors (Lipinski definition) is 6. The van der Waals surface area contributed by atoms with Crippen molar-refractivity contribution in [1.29, 1.82) is 0 Å². The van der Waals surface area contributed by atoms with Crippen LogP contribution in [0.25, 0.3) is 0 Å². The third kappa shape index (κ3) is 45.1. The molecule has 0 aliphatic carbocycles. The van der Waals surface area contributed by atoms with Crippen LogP contribution < -0.4 is 10.2 Å². The molecule has 0 fully saturated rings. The molecule has 0 aromatic heterocycles. The summed E-state index contributed by atoms with van der Waals surface area (Å²) in [5.74, 6) is -0.750. The second-order valence-corrected chi connectivity index (χ2v) is 6.38. The van der Waals surface area contributed by atoms with Gasteiger partial charge in [-0.3, -0.25) is 9.59 Å². The normalized spacial score (nSPS) is 10.6. The van der Waals surface area contributed by atoms with Gasteiger partial charge < -0.3 is 10.2 Å². The number of carbonyl (C=O) groups excluding carboxylic acids is 2. The summed E-state index contributed by atoms with van der Waals surface area (Å²) in [5, 5.41) is 20.0. The molecular weight excluding hydrogens is 360 g/mol. The van der Waals surface area contributed by atoms with Crippen LogP contribution in [0.5, 0.6) is 0 Å². The van der Waals surface area contributed by atoms with Gasteiger partial charge in [-0.05, 0) is 26.0 Å². The molecule has 0 heterocycles. The number of allylic oxidation sites excluding steroid dienone is 4. The van der Waals surface area contributed by atoms with Crippen molar-refractivity contribution in [1.82, 2.24) is 0 Å². The molecule has 6 nitrogen and oxygen atoms in total. The maximum absolute atomic E-state index is 9.98. The number of rotatable bonds is 10. The maximum atomic E-state index is 9.98. The predicted molar refractivity (Wildman–Crippen MR) is 90.6 cm³/mol. The van der Waals surface area contributed by atoms with Crippen LogP contribution in [-0.2, 0) is 36.2 Å². The molecule has 0 rings (SSSR count). The molecule has 7 heteroatoms. The van der Waals surface area contributed by atoms with Gasteiger partial charge in [-0.25, -0.2) is 0 Å². The van der Waals surface area contributed by atoms with E-state index in [4.69, 9.17) is 6.64 Å². The van der Waals surface area contributed by atoms with E-state index in [1.165, 1.54) is 53.4 Å². The first-order chi connectivity index (χ1) is 11.7. The van der Waals surface area contributed by atoms with E-state index >= 15 is 0 Å². The molecular formula is C18H32O6Ti. The molecule has 0 bridgehead atoms. The van der Waals surface area contributed by atoms with Gasteiger partial charge in [0.15, 0.2) is 11.6 Å². The van der Waals surface area contributed by atoms with Crippen molar-refractivity contribution in [2.75, 3.05) is 13.2 Å². The summed E-state index contributed by atoms with van der Waals surface area (Å²) < 4.78 is 10.6. The van der Waals surface area contributed by atoms with E-state index in [0.29, 0.717) is 0 Å². The third-order valence-electron chi connectivity index (χ3n) is 2.13. The Balaban J connectivity index is -0.000000304. The molecule has 0 saturated carbocycles. The summed E-state index contributed by atoms with van der Waals surface area (Å²) in [6.07, 6.45) is 6.86. The van der Waals surface area contributed by atoms with Gasteiger partial charge >= 0.3 is 79.3 Å². The summed E-state index contributed by atoms with van der Waals surface area (Å²) in [5.41, 5.74) is 0. The summed E-state index contributed by atoms with van der Waals surface area (Å²) in [6.45, 7) is 11.5. The molecule has 0 radical (unpaired) electrons. The third-order valence-corrected chi connectivity index (χ3v) is 3.14. The van der Waals surface area contributed by atoms with Crippen LogP contribution in [0.15, 0.2) is 23.7 Å². The van der Waals surface area contributed by atoms with Gasteiger partial charge in [0.1, 0.15) is 0 Å². The van der Waals surface area contributed by atoms with Gasteiger partial charge in [-0.2, -0.15) is 0 Å². The molecule has 0 aliphatic heterocycles. The minimum absolute atomic E-state index is 0.187. The van der Waals surface area contributed by atoms with Crippen LogP contribution in [-0.4, -0.2) is 24.8 Å². The Hall–Kier alpha value is -0.946. The van der Waals surface area contributed by atoms with Crippen LogP contribution >= 0.6 is 0 Å². The molecule has 0 aromatic rings. The van der Waals surface area contributed by atoms with E-state index in [2.05, 4.69) is 13.8 Å². The zero-order valence-corrected chi connectivity index (χ0v) is 17.9. The first-order valence-corrected chi connectivity index (χ1v) is 9.65. The predicted octanol–water partition coefficient (Wildman–Crippen LogP) is 2.21. The number of ketones is 2. The van der Waals surface area contributed by atoms with Gasteiger partial charge in [-0.15, -0.1) is 11.5 Å². The fourth-order valence-corrected chi connectivity index (χ4v) is 1.97. The van der Waals surface area contributed by atoms with Crippen molar-refractivity contribution in [2.45, 2.75) is 67.2 Å². The molecule has 0 N–H and O–H groups in total. The number of carbonyl (C=O) groups is 2. The van der Waals surface area contributed by atoms with Gasteiger partial charge in [0, 0.05) is 0 Å². The second-order valence-electron chi connectivity index (χ2n) is 5.22. The van der Waals surface area contributed by atoms with E-state index in [0.717, 1.165) is 25.4 Å². The van der Waals surface area contributed by atoms with Crippen LogP contribution in [0.3, 0.4) is 0 Å². The Morgan fingerprint density at radius 2 is 1.12 bits per heavy atom. The summed E-state index contributed by atoms with van der Waals surface area (Å²) in [7, 11) is 0. The first kappa shape index (κ1) is 28.8. The number of unbranched alkanes of at least 4 members (excludes halogenated alkanes) is 2. The Bertz CT molecular complexity index is 347. The minimum atomic E-state index is -0.519. The Morgan fingerprint density at radius 3 is 1.28 bits per heavy atom. The topological polar surface area (TPSA) is 98.7 Å². The molecule has 144 valence electrons. The van der Waals surface area contributed by atoms with Gasteiger partial charge in [-0.1, -0.05) is 13.8 Å². The average molecular weight is 392 g/mol. The molecule has 0 spiro atoms. The first-order valence-electron chi connectivity index (χ1n) is 8.37. The standard InChI is InChI=1S/2C5H8O2.2C4H9O.Ti/c2*1-4(6)3-5(2)7;2*1-2-3-4-5;/h2*3,6H,1-2H3;2*2-4H2,1H3;/q;;2*-1;+4/p-2/b2*4-3-;;;. The van der Waals surface area contributed by atoms with Crippen LogP contribution in [0, 0.1) is 0 Å². The van der Waals surface area contributed by atoms with Crippen molar-refractivity contribution >= 4 is 11.6 Å². The summed E-state index contributed by atoms with van der Waals surface area (Å²) >= 11 is -0.519. The molecule has 0 unspecified atom stereocenters. The van der Waals surface area contributed by atoms with Gasteiger partial charge in [0.2, 0.25) is 0 Å². The van der Waals surface area contributed by atoms with E-state index in [1.807, 2.05) is 0 Å². The Morgan fingerprint density at radius 1 is 0.800 bits per heavy atom. The van der Waals surface area contributed by atoms with E-state index in [1.54, 1.807) is 0 Å². The molecule has 0 saturated heterocycles. The van der Waals surface area contributed by atoms with Crippen molar-refractivity contribution in [2.24, 2.45) is 0 Å². The fourth-order valence-electron chi connectivity index (χ4n) is 1.13. The van der Waals surface area contributed by atoms with Gasteiger partial charge in [0.25, 0.3) is 0 Å². The summed E-state index contributed by atoms with van der Waals surface area (Å²) in [4.78, 5) is 20.0. The molecule has 0 atom stereocenters. The van der Waals surface area contributed by atoms with Crippen molar-refractivity contribution in [3.63, 3.8) is 0 Å². The quantitative estimate of drug-likeness (QED) is 0.245. The molecule has 0 aliphatic rings. The zero-order chi connectivity index (χ0) is 20.1. The average Bonchev–Trinajstić information content (AvgIpc) is 2.45.